The Hall–Kier alpha value is -2.68. The van der Waals surface area contributed by atoms with E-state index in [2.05, 4.69) is 88.9 Å². The number of hydrogen-bond acceptors (Lipinski definition) is 6. The highest BCUT2D eigenvalue weighted by atomic mass is 35.5. The summed E-state index contributed by atoms with van der Waals surface area (Å²) < 4.78 is 8.84. The minimum atomic E-state index is -1.46. The van der Waals surface area contributed by atoms with Gasteiger partial charge in [-0.15, -0.1) is 0 Å². The van der Waals surface area contributed by atoms with Crippen LogP contribution >= 0.6 is 0 Å². The van der Waals surface area contributed by atoms with E-state index in [0.717, 1.165) is 0 Å². The number of carbonyl (C=O) groups excluding carboxylic acids is 1. The number of aryl methyl sites for hydroxylation is 2. The topological polar surface area (TPSA) is 118 Å². The average Bonchev–Trinajstić information content (AvgIpc) is 3.49. The predicted molar refractivity (Wildman–Crippen MR) is 227 cm³/mol. The lowest BCUT2D eigenvalue weighted by Gasteiger charge is -2.14. The van der Waals surface area contributed by atoms with Crippen molar-refractivity contribution in [2.24, 2.45) is 0 Å². The van der Waals surface area contributed by atoms with Crippen LogP contribution < -0.4 is 26.6 Å². The van der Waals surface area contributed by atoms with Crippen LogP contribution in [0, 0.1) is 0 Å². The van der Waals surface area contributed by atoms with Gasteiger partial charge in [-0.3, -0.25) is 0 Å². The van der Waals surface area contributed by atoms with Crippen molar-refractivity contribution < 1.29 is 51.5 Å². The van der Waals surface area contributed by atoms with Crippen LogP contribution in [-0.2, 0) is 22.6 Å². The quantitative estimate of drug-likeness (QED) is 0.0405. The van der Waals surface area contributed by atoms with Gasteiger partial charge in [-0.25, -0.2) is 13.9 Å². The van der Waals surface area contributed by atoms with Crippen LogP contribution in [-0.4, -0.2) is 40.1 Å². The summed E-state index contributed by atoms with van der Waals surface area (Å²) in [5.74, 6) is -3.25. The Morgan fingerprint density at radius 3 is 1.07 bits per heavy atom. The zero-order valence-corrected chi connectivity index (χ0v) is 36.9. The lowest BCUT2D eigenvalue weighted by molar-refractivity contribution is -0.697. The second-order valence-electron chi connectivity index (χ2n) is 15.7. The van der Waals surface area contributed by atoms with E-state index in [4.69, 9.17) is 15.3 Å². The number of ether oxygens (including phenoxy) is 1. The average molecular weight is 820 g/mol. The van der Waals surface area contributed by atoms with Gasteiger partial charge in [0.2, 0.25) is 0 Å². The number of aliphatic hydroxyl groups is 3. The van der Waals surface area contributed by atoms with Gasteiger partial charge in [0, 0.05) is 42.9 Å². The van der Waals surface area contributed by atoms with Gasteiger partial charge in [-0.2, -0.15) is 0 Å². The molecule has 0 spiro atoms. The van der Waals surface area contributed by atoms with Crippen molar-refractivity contribution in [3.8, 4) is 0 Å². The molecular formula is C48H83ClN2O6. The van der Waals surface area contributed by atoms with E-state index in [0.29, 0.717) is 0 Å². The first-order chi connectivity index (χ1) is 27.4. The van der Waals surface area contributed by atoms with Gasteiger partial charge >= 0.3 is 5.97 Å². The van der Waals surface area contributed by atoms with Crippen LogP contribution in [0.5, 0.6) is 0 Å². The van der Waals surface area contributed by atoms with Gasteiger partial charge in [0.15, 0.2) is 30.9 Å². The van der Waals surface area contributed by atoms with Gasteiger partial charge in [0.1, 0.15) is 25.0 Å². The largest absolute Gasteiger partial charge is 1.00 e. The SMILES string of the molecule is CCCCCCCCCCCCCCCC[n+]1ccccc1.CCCCCCCCCCCCCCCC[n+]1ccccc1.O=C1O[C@H]([C@@H](O)CO)C(O)=C1[O-].[Cl-]. The molecule has 1 aliphatic rings. The number of cyclic esters (lactones) is 1. The fourth-order valence-electron chi connectivity index (χ4n) is 6.96. The fourth-order valence-corrected chi connectivity index (χ4v) is 6.96. The molecule has 2 aromatic rings. The Labute approximate surface area is 354 Å². The molecule has 0 radical (unpaired) electrons. The first-order valence-corrected chi connectivity index (χ1v) is 22.9. The molecule has 2 aromatic heterocycles. The van der Waals surface area contributed by atoms with Crippen LogP contribution in [0.15, 0.2) is 72.7 Å². The highest BCUT2D eigenvalue weighted by molar-refractivity contribution is 5.88. The first-order valence-electron chi connectivity index (χ1n) is 22.9. The smallest absolute Gasteiger partial charge is 0.327 e. The number of halogens is 1. The molecule has 0 amide bonds. The monoisotopic (exact) mass is 819 g/mol. The van der Waals surface area contributed by atoms with E-state index in [-0.39, 0.29) is 12.4 Å². The first kappa shape index (κ1) is 54.3. The Morgan fingerprint density at radius 1 is 0.544 bits per heavy atom. The molecule has 3 N–H and O–H groups in total. The summed E-state index contributed by atoms with van der Waals surface area (Å²) in [4.78, 5) is 10.5. The van der Waals surface area contributed by atoms with Crippen LogP contribution in [0.2, 0.25) is 0 Å². The minimum Gasteiger partial charge on any atom is -1.00 e. The van der Waals surface area contributed by atoms with E-state index in [1.165, 1.54) is 193 Å². The van der Waals surface area contributed by atoms with Crippen molar-refractivity contribution >= 4 is 5.97 Å². The Balaban J connectivity index is 0.000000853. The zero-order valence-electron chi connectivity index (χ0n) is 36.2. The second-order valence-corrected chi connectivity index (χ2v) is 15.7. The molecule has 57 heavy (non-hydrogen) atoms. The van der Waals surface area contributed by atoms with Crippen LogP contribution in [0.25, 0.3) is 0 Å². The maximum atomic E-state index is 10.6. The van der Waals surface area contributed by atoms with Crippen molar-refractivity contribution in [1.82, 2.24) is 0 Å². The standard InChI is InChI=1S/2C21H38N.C6H8O6.ClH/c2*1-2-3-4-5-6-7-8-9-10-11-12-13-14-16-19-22-20-17-15-18-21-22;7-1-2(8)5-3(9)4(10)6(11)12-5;/h2*15,17-18,20-21H,2-14,16,19H2,1H3;2,5,7-10H,1H2;1H/q2*+1;;/p-2/t;;2-,5+;/m..0./s1. The number of esters is 1. The van der Waals surface area contributed by atoms with E-state index in [9.17, 15) is 9.90 Å². The maximum Gasteiger partial charge on any atom is 0.327 e. The normalized spacial score (nSPS) is 13.9. The predicted octanol–water partition coefficient (Wildman–Crippen LogP) is 7.31. The summed E-state index contributed by atoms with van der Waals surface area (Å²) in [6, 6.07) is 12.6. The number of nitrogens with zero attached hydrogens (tertiary/aromatic N) is 2. The van der Waals surface area contributed by atoms with E-state index >= 15 is 0 Å². The van der Waals surface area contributed by atoms with E-state index < -0.39 is 36.3 Å². The number of aromatic nitrogens is 2. The molecule has 0 fully saturated rings. The fraction of sp³-hybridized carbons (Fsp3) is 0.729. The van der Waals surface area contributed by atoms with Crippen LogP contribution in [0.1, 0.15) is 194 Å². The van der Waals surface area contributed by atoms with Gasteiger partial charge in [-0.05, 0) is 12.8 Å². The molecule has 3 rings (SSSR count). The molecule has 0 unspecified atom stereocenters. The van der Waals surface area contributed by atoms with Crippen molar-refractivity contribution in [3.63, 3.8) is 0 Å². The van der Waals surface area contributed by atoms with E-state index in [1.807, 2.05) is 0 Å². The number of aliphatic hydroxyl groups excluding tert-OH is 3. The highest BCUT2D eigenvalue weighted by Crippen LogP contribution is 2.19. The molecular weight excluding hydrogens is 736 g/mol. The summed E-state index contributed by atoms with van der Waals surface area (Å²) in [5.41, 5.74) is 0. The third-order valence-electron chi connectivity index (χ3n) is 10.6. The Morgan fingerprint density at radius 2 is 0.825 bits per heavy atom. The lowest BCUT2D eigenvalue weighted by Crippen LogP contribution is -3.00. The summed E-state index contributed by atoms with van der Waals surface area (Å²) >= 11 is 0. The molecule has 1 aliphatic heterocycles. The summed E-state index contributed by atoms with van der Waals surface area (Å²) in [6.45, 7) is 6.24. The Bertz CT molecular complexity index is 1120. The van der Waals surface area contributed by atoms with Gasteiger partial charge in [0.05, 0.1) is 6.61 Å². The number of unbranched alkanes of at least 4 members (excludes halogenated alkanes) is 26. The molecule has 0 saturated heterocycles. The third kappa shape index (κ3) is 31.0. The van der Waals surface area contributed by atoms with Crippen LogP contribution in [0.4, 0.5) is 0 Å². The number of hydrogen-bond donors (Lipinski definition) is 3. The molecule has 328 valence electrons. The van der Waals surface area contributed by atoms with E-state index in [1.54, 1.807) is 0 Å². The van der Waals surface area contributed by atoms with Crippen molar-refractivity contribution in [1.29, 1.82) is 0 Å². The molecule has 0 aliphatic carbocycles. The summed E-state index contributed by atoms with van der Waals surface area (Å²) in [6.07, 6.45) is 46.0. The highest BCUT2D eigenvalue weighted by Gasteiger charge is 2.34. The lowest BCUT2D eigenvalue weighted by atomic mass is 10.0. The minimum absolute atomic E-state index is 0. The van der Waals surface area contributed by atoms with Gasteiger partial charge in [0.25, 0.3) is 0 Å². The van der Waals surface area contributed by atoms with Crippen LogP contribution in [0.3, 0.4) is 0 Å². The maximum absolute atomic E-state index is 10.6. The van der Waals surface area contributed by atoms with Crippen molar-refractivity contribution in [2.45, 2.75) is 219 Å². The molecule has 8 nitrogen and oxygen atoms in total. The van der Waals surface area contributed by atoms with Gasteiger partial charge in [-0.1, -0.05) is 180 Å². The second kappa shape index (κ2) is 40.1. The molecule has 0 saturated carbocycles. The zero-order chi connectivity index (χ0) is 40.7. The number of rotatable bonds is 32. The van der Waals surface area contributed by atoms with Crippen molar-refractivity contribution in [2.75, 3.05) is 6.61 Å². The molecule has 0 aromatic carbocycles. The number of pyridine rings is 2. The Kier molecular flexibility index (Phi) is 38.2. The number of carbonyl (C=O) groups is 1. The molecule has 3 heterocycles. The molecule has 9 heteroatoms. The third-order valence-corrected chi connectivity index (χ3v) is 10.6. The summed E-state index contributed by atoms with van der Waals surface area (Å²) in [5, 5.41) is 36.8. The van der Waals surface area contributed by atoms with Gasteiger partial charge < -0.3 is 37.6 Å². The molecule has 0 bridgehead atoms. The molecule has 2 atom stereocenters. The van der Waals surface area contributed by atoms with Crippen molar-refractivity contribution in [3.05, 3.63) is 72.7 Å². The summed E-state index contributed by atoms with van der Waals surface area (Å²) in [7, 11) is 0.